The minimum Gasteiger partial charge on any atom is -0.494 e. The van der Waals surface area contributed by atoms with E-state index < -0.39 is 17.2 Å². The molecule has 0 bridgehead atoms. The molecule has 3 heterocycles. The Kier molecular flexibility index (Phi) is 9.86. The zero-order chi connectivity index (χ0) is 34.5. The van der Waals surface area contributed by atoms with Gasteiger partial charge in [-0.15, -0.1) is 0 Å². The van der Waals surface area contributed by atoms with E-state index in [1.807, 2.05) is 48.5 Å². The number of aromatic nitrogens is 4. The number of rotatable bonds is 11. The highest BCUT2D eigenvalue weighted by Crippen LogP contribution is 2.33. The largest absolute Gasteiger partial charge is 0.494 e. The predicted molar refractivity (Wildman–Crippen MR) is 194 cm³/mol. The molecule has 0 atom stereocenters. The molecule has 49 heavy (non-hydrogen) atoms. The highest BCUT2D eigenvalue weighted by molar-refractivity contribution is 5.99. The van der Waals surface area contributed by atoms with Crippen LogP contribution < -0.4 is 31.5 Å². The van der Waals surface area contributed by atoms with Crippen LogP contribution in [-0.2, 0) is 17.8 Å². The number of carbonyl (C=O) groups is 1. The summed E-state index contributed by atoms with van der Waals surface area (Å²) in [5, 5.41) is 6.12. The van der Waals surface area contributed by atoms with Crippen molar-refractivity contribution < 1.29 is 9.53 Å². The summed E-state index contributed by atoms with van der Waals surface area (Å²) < 4.78 is 8.33. The van der Waals surface area contributed by atoms with Crippen molar-refractivity contribution in [1.82, 2.24) is 24.0 Å². The summed E-state index contributed by atoms with van der Waals surface area (Å²) in [5.41, 5.74) is 2.61. The first-order valence-electron chi connectivity index (χ1n) is 16.2. The van der Waals surface area contributed by atoms with Crippen molar-refractivity contribution in [2.45, 2.75) is 31.8 Å². The summed E-state index contributed by atoms with van der Waals surface area (Å²) in [6.07, 6.45) is 5.23. The van der Waals surface area contributed by atoms with Gasteiger partial charge in [0, 0.05) is 49.3 Å². The summed E-state index contributed by atoms with van der Waals surface area (Å²) in [7, 11) is 5.86. The van der Waals surface area contributed by atoms with Crippen LogP contribution in [-0.4, -0.2) is 70.2 Å². The van der Waals surface area contributed by atoms with Gasteiger partial charge in [0.05, 0.1) is 18.5 Å². The Hall–Kier alpha value is -5.75. The Morgan fingerprint density at radius 1 is 1.02 bits per heavy atom. The van der Waals surface area contributed by atoms with Crippen LogP contribution in [0.3, 0.4) is 0 Å². The molecule has 12 heteroatoms. The summed E-state index contributed by atoms with van der Waals surface area (Å²) >= 11 is 0. The lowest BCUT2D eigenvalue weighted by molar-refractivity contribution is -0.111. The topological polar surface area (TPSA) is 127 Å². The molecule has 12 nitrogen and oxygen atoms in total. The Bertz CT molecular complexity index is 2100. The molecule has 2 N–H and O–H groups in total. The van der Waals surface area contributed by atoms with E-state index in [-0.39, 0.29) is 23.5 Å². The van der Waals surface area contributed by atoms with Gasteiger partial charge in [-0.3, -0.25) is 14.2 Å². The minimum atomic E-state index is -0.565. The van der Waals surface area contributed by atoms with Gasteiger partial charge < -0.3 is 25.2 Å². The first-order chi connectivity index (χ1) is 23.7. The summed E-state index contributed by atoms with van der Waals surface area (Å²) in [5.74, 6) is 0.389. The maximum Gasteiger partial charge on any atom is 0.337 e. The number of fused-ring (bicyclic) bond motifs is 1. The average Bonchev–Trinajstić information content (AvgIpc) is 3.12. The number of ether oxygens (including phenoxy) is 1. The van der Waals surface area contributed by atoms with E-state index in [4.69, 9.17) is 9.72 Å². The average molecular weight is 661 g/mol. The second kappa shape index (κ2) is 14.6. The highest BCUT2D eigenvalue weighted by atomic mass is 16.5. The molecule has 0 aliphatic carbocycles. The lowest BCUT2D eigenvalue weighted by Gasteiger charge is -2.36. The fourth-order valence-corrected chi connectivity index (χ4v) is 6.17. The van der Waals surface area contributed by atoms with Crippen LogP contribution in [0.2, 0.25) is 0 Å². The SMILES string of the molecule is C=CC(=O)Nc1cccc(-n2c(=O)n(CCc3ccccc3)c(=O)c3cnc(Nc4ccc(N5CCC(N(C)C)CC5)cc4OC)nc32)c1. The van der Waals surface area contributed by atoms with Gasteiger partial charge in [-0.1, -0.05) is 43.0 Å². The van der Waals surface area contributed by atoms with Crippen molar-refractivity contribution in [3.8, 4) is 11.4 Å². The van der Waals surface area contributed by atoms with Crippen LogP contribution >= 0.6 is 0 Å². The van der Waals surface area contributed by atoms with E-state index in [0.29, 0.717) is 35.3 Å². The molecule has 0 unspecified atom stereocenters. The number of nitrogens with zero attached hydrogens (tertiary/aromatic N) is 6. The number of hydrogen-bond donors (Lipinski definition) is 2. The predicted octanol–water partition coefficient (Wildman–Crippen LogP) is 4.59. The number of carbonyl (C=O) groups excluding carboxylic acids is 1. The van der Waals surface area contributed by atoms with E-state index in [9.17, 15) is 14.4 Å². The molecule has 3 aromatic carbocycles. The van der Waals surface area contributed by atoms with Crippen LogP contribution in [0.1, 0.15) is 18.4 Å². The number of amides is 1. The van der Waals surface area contributed by atoms with Crippen molar-refractivity contribution in [2.75, 3.05) is 49.8 Å². The van der Waals surface area contributed by atoms with Crippen LogP contribution in [0.25, 0.3) is 16.7 Å². The number of nitrogens with one attached hydrogen (secondary N) is 2. The second-order valence-electron chi connectivity index (χ2n) is 12.2. The normalized spacial score (nSPS) is 13.4. The first kappa shape index (κ1) is 33.2. The fraction of sp³-hybridized carbons (Fsp3) is 0.270. The number of benzene rings is 3. The van der Waals surface area contributed by atoms with Crippen LogP contribution in [0, 0.1) is 0 Å². The van der Waals surface area contributed by atoms with Gasteiger partial charge in [0.25, 0.3) is 5.56 Å². The number of aryl methyl sites for hydroxylation is 1. The Balaban J connectivity index is 1.38. The molecule has 1 fully saturated rings. The molecule has 1 amide bonds. The molecule has 0 spiro atoms. The zero-order valence-corrected chi connectivity index (χ0v) is 27.9. The van der Waals surface area contributed by atoms with Gasteiger partial charge in [0.15, 0.2) is 5.65 Å². The van der Waals surface area contributed by atoms with Gasteiger partial charge >= 0.3 is 5.69 Å². The van der Waals surface area contributed by atoms with Gasteiger partial charge in [-0.2, -0.15) is 4.98 Å². The van der Waals surface area contributed by atoms with E-state index >= 15 is 0 Å². The monoisotopic (exact) mass is 660 g/mol. The molecule has 0 radical (unpaired) electrons. The smallest absolute Gasteiger partial charge is 0.337 e. The quantitative estimate of drug-likeness (QED) is 0.196. The fourth-order valence-electron chi connectivity index (χ4n) is 6.17. The Morgan fingerprint density at radius 3 is 2.51 bits per heavy atom. The highest BCUT2D eigenvalue weighted by Gasteiger charge is 2.22. The third-order valence-electron chi connectivity index (χ3n) is 8.89. The molecular formula is C37H40N8O4. The van der Waals surface area contributed by atoms with Gasteiger partial charge in [0.2, 0.25) is 11.9 Å². The Labute approximate surface area is 284 Å². The van der Waals surface area contributed by atoms with Crippen molar-refractivity contribution >= 4 is 40.0 Å². The zero-order valence-electron chi connectivity index (χ0n) is 27.9. The van der Waals surface area contributed by atoms with E-state index in [2.05, 4.69) is 46.1 Å². The third-order valence-corrected chi connectivity index (χ3v) is 8.89. The molecule has 1 aliphatic heterocycles. The van der Waals surface area contributed by atoms with Gasteiger partial charge in [-0.25, -0.2) is 14.3 Å². The molecule has 2 aromatic heterocycles. The minimum absolute atomic E-state index is 0.120. The van der Waals surface area contributed by atoms with Crippen molar-refractivity contribution in [2.24, 2.45) is 0 Å². The second-order valence-corrected chi connectivity index (χ2v) is 12.2. The maximum absolute atomic E-state index is 14.1. The van der Waals surface area contributed by atoms with Crippen molar-refractivity contribution in [1.29, 1.82) is 0 Å². The molecular weight excluding hydrogens is 620 g/mol. The first-order valence-corrected chi connectivity index (χ1v) is 16.2. The van der Waals surface area contributed by atoms with Crippen molar-refractivity contribution in [3.05, 3.63) is 118 Å². The van der Waals surface area contributed by atoms with E-state index in [0.717, 1.165) is 43.3 Å². The number of anilines is 4. The number of methoxy groups -OCH3 is 1. The van der Waals surface area contributed by atoms with Crippen molar-refractivity contribution in [3.63, 3.8) is 0 Å². The lowest BCUT2D eigenvalue weighted by atomic mass is 10.0. The molecule has 5 aromatic rings. The molecule has 1 saturated heterocycles. The van der Waals surface area contributed by atoms with E-state index in [1.54, 1.807) is 31.4 Å². The molecule has 1 aliphatic rings. The standard InChI is InChI=1S/C37H40N8O4/c1-5-33(46)39-26-12-9-13-29(22-26)45-34-30(35(47)44(37(45)48)21-16-25-10-7-6-8-11-25)24-38-36(41-34)40-31-15-14-28(23-32(31)49-4)43-19-17-27(18-20-43)42(2)3/h5-15,22-24,27H,1,16-21H2,2-4H3,(H,39,46)(H,38,40,41). The lowest BCUT2D eigenvalue weighted by Crippen LogP contribution is -2.41. The maximum atomic E-state index is 14.1. The summed E-state index contributed by atoms with van der Waals surface area (Å²) in [6, 6.07) is 22.9. The van der Waals surface area contributed by atoms with Gasteiger partial charge in [-0.05, 0) is 75.3 Å². The van der Waals surface area contributed by atoms with Gasteiger partial charge in [0.1, 0.15) is 11.1 Å². The van der Waals surface area contributed by atoms with Crippen LogP contribution in [0.4, 0.5) is 23.0 Å². The van der Waals surface area contributed by atoms with E-state index in [1.165, 1.54) is 15.3 Å². The van der Waals surface area contributed by atoms with Crippen LogP contribution in [0.15, 0.2) is 101 Å². The third kappa shape index (κ3) is 7.24. The molecule has 252 valence electrons. The summed E-state index contributed by atoms with van der Waals surface area (Å²) in [4.78, 5) is 53.8. The molecule has 0 saturated carbocycles. The number of hydrogen-bond acceptors (Lipinski definition) is 9. The Morgan fingerprint density at radius 2 is 1.80 bits per heavy atom. The number of piperidine rings is 1. The molecule has 6 rings (SSSR count). The van der Waals surface area contributed by atoms with Crippen LogP contribution in [0.5, 0.6) is 5.75 Å². The summed E-state index contributed by atoms with van der Waals surface area (Å²) in [6.45, 7) is 5.56.